The summed E-state index contributed by atoms with van der Waals surface area (Å²) in [6.07, 6.45) is 0. The molecule has 2 aromatic heterocycles. The summed E-state index contributed by atoms with van der Waals surface area (Å²) in [5.74, 6) is -0.709. The number of nitrogens with zero attached hydrogens (tertiary/aromatic N) is 3. The smallest absolute Gasteiger partial charge is 0.342 e. The molecule has 1 aliphatic rings. The Morgan fingerprint density at radius 2 is 2.03 bits per heavy atom. The first-order valence-electron chi connectivity index (χ1n) is 9.79. The summed E-state index contributed by atoms with van der Waals surface area (Å²) in [5, 5.41) is 0.254. The number of amides is 1. The zero-order chi connectivity index (χ0) is 22.8. The molecule has 11 heteroatoms. The van der Waals surface area contributed by atoms with Crippen LogP contribution < -0.4 is 10.6 Å². The average Bonchev–Trinajstić information content (AvgIpc) is 3.11. The molecular formula is C21H20N4O6S. The minimum absolute atomic E-state index is 0.0121. The maximum atomic E-state index is 12.4. The van der Waals surface area contributed by atoms with Gasteiger partial charge in [-0.15, -0.1) is 11.8 Å². The summed E-state index contributed by atoms with van der Waals surface area (Å²) in [6, 6.07) is 7.36. The molecular weight excluding hydrogens is 436 g/mol. The Bertz CT molecular complexity index is 1220. The van der Waals surface area contributed by atoms with Crippen molar-refractivity contribution in [1.29, 1.82) is 0 Å². The lowest BCUT2D eigenvalue weighted by molar-refractivity contribution is -0.144. The molecule has 0 unspecified atom stereocenters. The van der Waals surface area contributed by atoms with Crippen LogP contribution >= 0.6 is 11.8 Å². The largest absolute Gasteiger partial charge is 0.462 e. The average molecular weight is 456 g/mol. The van der Waals surface area contributed by atoms with Gasteiger partial charge in [-0.25, -0.2) is 9.78 Å². The van der Waals surface area contributed by atoms with Crippen LogP contribution in [0, 0.1) is 6.92 Å². The fourth-order valence-electron chi connectivity index (χ4n) is 3.34. The third-order valence-corrected chi connectivity index (χ3v) is 5.79. The van der Waals surface area contributed by atoms with Crippen LogP contribution in [-0.2, 0) is 25.7 Å². The molecule has 0 radical (unpaired) electrons. The highest BCUT2D eigenvalue weighted by Crippen LogP contribution is 2.34. The van der Waals surface area contributed by atoms with E-state index in [1.54, 1.807) is 26.0 Å². The first kappa shape index (κ1) is 21.6. The van der Waals surface area contributed by atoms with Gasteiger partial charge in [-0.2, -0.15) is 4.98 Å². The van der Waals surface area contributed by atoms with Gasteiger partial charge in [0.25, 0.3) is 0 Å². The van der Waals surface area contributed by atoms with E-state index in [0.717, 1.165) is 4.90 Å². The second-order valence-corrected chi connectivity index (χ2v) is 7.87. The van der Waals surface area contributed by atoms with Crippen LogP contribution in [0.4, 0.5) is 11.5 Å². The second kappa shape index (κ2) is 8.87. The summed E-state index contributed by atoms with van der Waals surface area (Å²) < 4.78 is 15.8. The number of hydrogen-bond donors (Lipinski definition) is 1. The van der Waals surface area contributed by atoms with Crippen LogP contribution in [-0.4, -0.2) is 46.7 Å². The Morgan fingerprint density at radius 3 is 2.81 bits per heavy atom. The molecule has 4 rings (SSSR count). The van der Waals surface area contributed by atoms with E-state index in [2.05, 4.69) is 9.97 Å². The Hall–Kier alpha value is -3.60. The van der Waals surface area contributed by atoms with E-state index < -0.39 is 11.9 Å². The topological polar surface area (TPSA) is 138 Å². The lowest BCUT2D eigenvalue weighted by Crippen LogP contribution is -2.39. The zero-order valence-electron chi connectivity index (χ0n) is 17.4. The first-order valence-corrected chi connectivity index (χ1v) is 10.8. The number of fused-ring (bicyclic) bond motifs is 2. The molecule has 0 bridgehead atoms. The standard InChI is InChI=1S/C21H20N4O6S/c1-3-29-21(28)17-11(2)31-20-18(17)19(22)23-14(24-20)9-30-16(27)8-25-12-6-4-5-7-13(12)32-10-15(25)26/h4-7H,3,8-10H2,1-2H3,(H2,22,23,24). The minimum Gasteiger partial charge on any atom is -0.462 e. The van der Waals surface area contributed by atoms with Crippen molar-refractivity contribution in [2.75, 3.05) is 29.5 Å². The van der Waals surface area contributed by atoms with Crippen LogP contribution in [0.5, 0.6) is 0 Å². The van der Waals surface area contributed by atoms with Gasteiger partial charge in [0.2, 0.25) is 11.6 Å². The van der Waals surface area contributed by atoms with Gasteiger partial charge in [0.15, 0.2) is 12.4 Å². The van der Waals surface area contributed by atoms with E-state index in [4.69, 9.17) is 19.6 Å². The SMILES string of the molecule is CCOC(=O)c1c(C)oc2nc(COC(=O)CN3C(=O)CSc4ccccc43)nc(N)c12. The Morgan fingerprint density at radius 1 is 1.25 bits per heavy atom. The maximum Gasteiger partial charge on any atom is 0.342 e. The normalized spacial score (nSPS) is 13.2. The Balaban J connectivity index is 1.48. The van der Waals surface area contributed by atoms with Crippen LogP contribution in [0.15, 0.2) is 33.6 Å². The molecule has 0 aliphatic carbocycles. The summed E-state index contributed by atoms with van der Waals surface area (Å²) in [7, 11) is 0. The van der Waals surface area contributed by atoms with Gasteiger partial charge in [-0.05, 0) is 26.0 Å². The lowest BCUT2D eigenvalue weighted by Gasteiger charge is -2.27. The summed E-state index contributed by atoms with van der Waals surface area (Å²) >= 11 is 1.43. The number of nitrogen functional groups attached to an aromatic ring is 1. The fraction of sp³-hybridized carbons (Fsp3) is 0.286. The summed E-state index contributed by atoms with van der Waals surface area (Å²) in [6.45, 7) is 2.98. The van der Waals surface area contributed by atoms with Crippen LogP contribution in [0.2, 0.25) is 0 Å². The van der Waals surface area contributed by atoms with Crippen molar-refractivity contribution in [2.45, 2.75) is 25.3 Å². The van der Waals surface area contributed by atoms with E-state index >= 15 is 0 Å². The molecule has 3 heterocycles. The van der Waals surface area contributed by atoms with Gasteiger partial charge >= 0.3 is 11.9 Å². The number of furan rings is 1. The van der Waals surface area contributed by atoms with Gasteiger partial charge in [0.1, 0.15) is 23.7 Å². The van der Waals surface area contributed by atoms with Gasteiger partial charge in [-0.1, -0.05) is 12.1 Å². The van der Waals surface area contributed by atoms with Crippen molar-refractivity contribution in [3.05, 3.63) is 41.4 Å². The summed E-state index contributed by atoms with van der Waals surface area (Å²) in [5.41, 5.74) is 6.96. The van der Waals surface area contributed by atoms with E-state index in [-0.39, 0.29) is 59.7 Å². The van der Waals surface area contributed by atoms with Crippen LogP contribution in [0.25, 0.3) is 11.1 Å². The summed E-state index contributed by atoms with van der Waals surface area (Å²) in [4.78, 5) is 47.6. The third kappa shape index (κ3) is 4.11. The number of benzene rings is 1. The quantitative estimate of drug-likeness (QED) is 0.550. The molecule has 1 aromatic carbocycles. The number of aromatic nitrogens is 2. The number of thioether (sulfide) groups is 1. The number of esters is 2. The van der Waals surface area contributed by atoms with Crippen molar-refractivity contribution < 1.29 is 28.3 Å². The molecule has 0 saturated heterocycles. The predicted molar refractivity (Wildman–Crippen MR) is 116 cm³/mol. The molecule has 1 aliphatic heterocycles. The number of carbonyl (C=O) groups excluding carboxylic acids is 3. The van der Waals surface area contributed by atoms with Gasteiger partial charge in [0.05, 0.1) is 23.4 Å². The van der Waals surface area contributed by atoms with E-state index in [1.807, 2.05) is 12.1 Å². The lowest BCUT2D eigenvalue weighted by atomic mass is 10.2. The van der Waals surface area contributed by atoms with Gasteiger partial charge < -0.3 is 19.6 Å². The molecule has 1 amide bonds. The number of ether oxygens (including phenoxy) is 2. The second-order valence-electron chi connectivity index (χ2n) is 6.86. The molecule has 0 saturated carbocycles. The van der Waals surface area contributed by atoms with Crippen LogP contribution in [0.1, 0.15) is 28.9 Å². The van der Waals surface area contributed by atoms with E-state index in [1.165, 1.54) is 16.7 Å². The van der Waals surface area contributed by atoms with Crippen molar-refractivity contribution in [3.63, 3.8) is 0 Å². The highest BCUT2D eigenvalue weighted by molar-refractivity contribution is 8.00. The van der Waals surface area contributed by atoms with Gasteiger partial charge in [-0.3, -0.25) is 14.5 Å². The number of nitrogens with two attached hydrogens (primary N) is 1. The molecule has 0 fully saturated rings. The highest BCUT2D eigenvalue weighted by atomic mass is 32.2. The molecule has 10 nitrogen and oxygen atoms in total. The molecule has 2 N–H and O–H groups in total. The van der Waals surface area contributed by atoms with Crippen molar-refractivity contribution in [3.8, 4) is 0 Å². The van der Waals surface area contributed by atoms with Crippen LogP contribution in [0.3, 0.4) is 0 Å². The third-order valence-electron chi connectivity index (χ3n) is 4.74. The van der Waals surface area contributed by atoms with Crippen molar-refractivity contribution in [2.24, 2.45) is 0 Å². The Labute approximate surface area is 187 Å². The molecule has 32 heavy (non-hydrogen) atoms. The molecule has 166 valence electrons. The van der Waals surface area contributed by atoms with E-state index in [0.29, 0.717) is 11.4 Å². The monoisotopic (exact) mass is 456 g/mol. The minimum atomic E-state index is -0.620. The van der Waals surface area contributed by atoms with Crippen molar-refractivity contribution >= 4 is 52.2 Å². The number of carbonyl (C=O) groups is 3. The maximum absolute atomic E-state index is 12.4. The number of rotatable bonds is 6. The zero-order valence-corrected chi connectivity index (χ0v) is 18.2. The van der Waals surface area contributed by atoms with Crippen molar-refractivity contribution in [1.82, 2.24) is 9.97 Å². The molecule has 0 spiro atoms. The highest BCUT2D eigenvalue weighted by Gasteiger charge is 2.27. The number of para-hydroxylation sites is 1. The number of hydrogen-bond acceptors (Lipinski definition) is 10. The Kier molecular flexibility index (Phi) is 5.99. The number of anilines is 2. The van der Waals surface area contributed by atoms with E-state index in [9.17, 15) is 14.4 Å². The molecule has 0 atom stereocenters. The van der Waals surface area contributed by atoms with Gasteiger partial charge in [0, 0.05) is 4.90 Å². The fourth-order valence-corrected chi connectivity index (χ4v) is 4.28. The number of aryl methyl sites for hydroxylation is 1. The molecule has 3 aromatic rings. The predicted octanol–water partition coefficient (Wildman–Crippen LogP) is 2.47. The first-order chi connectivity index (χ1) is 15.4.